The summed E-state index contributed by atoms with van der Waals surface area (Å²) in [5.41, 5.74) is 0. The van der Waals surface area contributed by atoms with Gasteiger partial charge in [-0.25, -0.2) is 0 Å². The van der Waals surface area contributed by atoms with Crippen LogP contribution in [0.4, 0.5) is 0 Å². The highest BCUT2D eigenvalue weighted by Gasteiger charge is 2.02. The molecular weight excluding hydrogens is 202 g/mol. The minimum atomic E-state index is 0.990. The van der Waals surface area contributed by atoms with Gasteiger partial charge < -0.3 is 5.32 Å². The van der Waals surface area contributed by atoms with Crippen LogP contribution in [0.25, 0.3) is 0 Å². The Hall–Kier alpha value is -0.130. The lowest BCUT2D eigenvalue weighted by Crippen LogP contribution is -2.08. The van der Waals surface area contributed by atoms with Crippen LogP contribution in [-0.2, 0) is 12.2 Å². The second kappa shape index (κ2) is 6.34. The topological polar surface area (TPSA) is 37.8 Å². The van der Waals surface area contributed by atoms with Gasteiger partial charge in [0, 0.05) is 12.2 Å². The summed E-state index contributed by atoms with van der Waals surface area (Å²) in [4.78, 5) is 0. The standard InChI is InChI=1S/C8H15N3S2/c1-9-5-3-4-7-10-11-8(13-7)6-12-2/h9H,3-6H2,1-2H3. The van der Waals surface area contributed by atoms with E-state index >= 15 is 0 Å². The molecule has 0 radical (unpaired) electrons. The number of nitrogens with zero attached hydrogens (tertiary/aromatic N) is 2. The van der Waals surface area contributed by atoms with Crippen molar-refractivity contribution >= 4 is 23.1 Å². The highest BCUT2D eigenvalue weighted by Crippen LogP contribution is 2.15. The maximum absolute atomic E-state index is 4.13. The van der Waals surface area contributed by atoms with E-state index in [1.54, 1.807) is 23.1 Å². The van der Waals surface area contributed by atoms with Gasteiger partial charge in [-0.05, 0) is 26.3 Å². The van der Waals surface area contributed by atoms with Crippen LogP contribution in [0.1, 0.15) is 16.4 Å². The van der Waals surface area contributed by atoms with Crippen LogP contribution in [-0.4, -0.2) is 30.0 Å². The van der Waals surface area contributed by atoms with Gasteiger partial charge in [-0.1, -0.05) is 0 Å². The van der Waals surface area contributed by atoms with Gasteiger partial charge in [0.25, 0.3) is 0 Å². The highest BCUT2D eigenvalue weighted by molar-refractivity contribution is 7.97. The fourth-order valence-electron chi connectivity index (χ4n) is 0.988. The van der Waals surface area contributed by atoms with E-state index < -0.39 is 0 Å². The van der Waals surface area contributed by atoms with E-state index in [1.165, 1.54) is 5.01 Å². The average Bonchev–Trinajstić information content (AvgIpc) is 2.54. The molecule has 0 aromatic carbocycles. The highest BCUT2D eigenvalue weighted by atomic mass is 32.2. The summed E-state index contributed by atoms with van der Waals surface area (Å²) in [7, 11) is 1.97. The third-order valence-corrected chi connectivity index (χ3v) is 3.32. The minimum Gasteiger partial charge on any atom is -0.320 e. The molecule has 0 saturated carbocycles. The molecule has 1 aromatic rings. The van der Waals surface area contributed by atoms with Crippen LogP contribution >= 0.6 is 23.1 Å². The first-order valence-electron chi connectivity index (χ1n) is 4.31. The first kappa shape index (κ1) is 10.9. The largest absolute Gasteiger partial charge is 0.320 e. The molecule has 1 rings (SSSR count). The molecule has 5 heteroatoms. The molecule has 0 bridgehead atoms. The molecule has 1 aromatic heterocycles. The Morgan fingerprint density at radius 2 is 2.15 bits per heavy atom. The van der Waals surface area contributed by atoms with Gasteiger partial charge in [-0.15, -0.1) is 21.5 Å². The quantitative estimate of drug-likeness (QED) is 0.734. The van der Waals surface area contributed by atoms with E-state index in [4.69, 9.17) is 0 Å². The van der Waals surface area contributed by atoms with Crippen molar-refractivity contribution in [3.8, 4) is 0 Å². The molecular formula is C8H15N3S2. The molecule has 0 saturated heterocycles. The molecule has 0 amide bonds. The van der Waals surface area contributed by atoms with E-state index in [1.807, 2.05) is 7.05 Å². The lowest BCUT2D eigenvalue weighted by molar-refractivity contribution is 0.717. The number of hydrogen-bond acceptors (Lipinski definition) is 5. The second-order valence-electron chi connectivity index (χ2n) is 2.73. The van der Waals surface area contributed by atoms with Crippen LogP contribution in [0.3, 0.4) is 0 Å². The van der Waals surface area contributed by atoms with Crippen molar-refractivity contribution in [1.29, 1.82) is 0 Å². The first-order valence-corrected chi connectivity index (χ1v) is 6.52. The van der Waals surface area contributed by atoms with Gasteiger partial charge in [0.15, 0.2) is 0 Å². The van der Waals surface area contributed by atoms with E-state index in [0.29, 0.717) is 0 Å². The number of rotatable bonds is 6. The Morgan fingerprint density at radius 1 is 1.38 bits per heavy atom. The SMILES string of the molecule is CNCCCc1nnc(CSC)s1. The molecule has 0 unspecified atom stereocenters. The normalized spacial score (nSPS) is 10.6. The summed E-state index contributed by atoms with van der Waals surface area (Å²) < 4.78 is 0. The summed E-state index contributed by atoms with van der Waals surface area (Å²) in [6.45, 7) is 1.05. The number of aryl methyl sites for hydroxylation is 1. The van der Waals surface area contributed by atoms with Gasteiger partial charge in [-0.2, -0.15) is 11.8 Å². The zero-order valence-electron chi connectivity index (χ0n) is 8.04. The van der Waals surface area contributed by atoms with Crippen LogP contribution < -0.4 is 5.32 Å². The van der Waals surface area contributed by atoms with Crippen molar-refractivity contribution in [2.45, 2.75) is 18.6 Å². The van der Waals surface area contributed by atoms with Gasteiger partial charge in [0.2, 0.25) is 0 Å². The summed E-state index contributed by atoms with van der Waals surface area (Å²) in [6, 6.07) is 0. The molecule has 0 spiro atoms. The maximum Gasteiger partial charge on any atom is 0.127 e. The summed E-state index contributed by atoms with van der Waals surface area (Å²) in [5, 5.41) is 13.7. The van der Waals surface area contributed by atoms with Gasteiger partial charge in [-0.3, -0.25) is 0 Å². The van der Waals surface area contributed by atoms with Crippen molar-refractivity contribution in [1.82, 2.24) is 15.5 Å². The molecule has 3 nitrogen and oxygen atoms in total. The molecule has 0 aliphatic carbocycles. The van der Waals surface area contributed by atoms with Crippen LogP contribution in [0.2, 0.25) is 0 Å². The number of thioether (sulfide) groups is 1. The first-order chi connectivity index (χ1) is 6.36. The third kappa shape index (κ3) is 4.06. The fraction of sp³-hybridized carbons (Fsp3) is 0.750. The second-order valence-corrected chi connectivity index (χ2v) is 4.74. The van der Waals surface area contributed by atoms with E-state index in [0.717, 1.165) is 30.1 Å². The Labute approximate surface area is 87.3 Å². The maximum atomic E-state index is 4.13. The molecule has 0 aliphatic heterocycles. The van der Waals surface area contributed by atoms with E-state index in [2.05, 4.69) is 21.8 Å². The van der Waals surface area contributed by atoms with Gasteiger partial charge >= 0.3 is 0 Å². The lowest BCUT2D eigenvalue weighted by Gasteiger charge is -1.94. The number of aromatic nitrogens is 2. The minimum absolute atomic E-state index is 0.990. The van der Waals surface area contributed by atoms with Crippen LogP contribution in [0.5, 0.6) is 0 Å². The number of hydrogen-bond donors (Lipinski definition) is 1. The molecule has 0 fully saturated rings. The smallest absolute Gasteiger partial charge is 0.127 e. The number of nitrogens with one attached hydrogen (secondary N) is 1. The molecule has 13 heavy (non-hydrogen) atoms. The fourth-order valence-corrected chi connectivity index (χ4v) is 2.56. The predicted octanol–water partition coefficient (Wildman–Crippen LogP) is 1.55. The predicted molar refractivity (Wildman–Crippen MR) is 59.4 cm³/mol. The van der Waals surface area contributed by atoms with Gasteiger partial charge in [0.1, 0.15) is 10.0 Å². The molecule has 1 N–H and O–H groups in total. The Morgan fingerprint density at radius 3 is 2.85 bits per heavy atom. The van der Waals surface area contributed by atoms with Crippen molar-refractivity contribution in [2.75, 3.05) is 19.8 Å². The molecule has 0 atom stereocenters. The van der Waals surface area contributed by atoms with E-state index in [-0.39, 0.29) is 0 Å². The Bertz CT molecular complexity index is 237. The zero-order valence-corrected chi connectivity index (χ0v) is 9.67. The van der Waals surface area contributed by atoms with Crippen molar-refractivity contribution in [3.05, 3.63) is 10.0 Å². The summed E-state index contributed by atoms with van der Waals surface area (Å²) in [5.74, 6) is 0.990. The average molecular weight is 217 g/mol. The summed E-state index contributed by atoms with van der Waals surface area (Å²) >= 11 is 3.53. The molecule has 1 heterocycles. The third-order valence-electron chi connectivity index (χ3n) is 1.59. The van der Waals surface area contributed by atoms with Crippen LogP contribution in [0, 0.1) is 0 Å². The Balaban J connectivity index is 2.31. The van der Waals surface area contributed by atoms with Crippen molar-refractivity contribution in [3.63, 3.8) is 0 Å². The summed E-state index contributed by atoms with van der Waals surface area (Å²) in [6.07, 6.45) is 4.28. The van der Waals surface area contributed by atoms with E-state index in [9.17, 15) is 0 Å². The zero-order chi connectivity index (χ0) is 9.52. The van der Waals surface area contributed by atoms with Crippen molar-refractivity contribution < 1.29 is 0 Å². The molecule has 0 aliphatic rings. The van der Waals surface area contributed by atoms with Gasteiger partial charge in [0.05, 0.1) is 0 Å². The molecule has 74 valence electrons. The van der Waals surface area contributed by atoms with Crippen LogP contribution in [0.15, 0.2) is 0 Å². The monoisotopic (exact) mass is 217 g/mol. The lowest BCUT2D eigenvalue weighted by atomic mass is 10.3. The van der Waals surface area contributed by atoms with Crippen molar-refractivity contribution in [2.24, 2.45) is 0 Å². The Kier molecular flexibility index (Phi) is 5.34.